The van der Waals surface area contributed by atoms with Crippen LogP contribution in [0, 0.1) is 0 Å². The Hall–Kier alpha value is -1.63. The second-order valence-electron chi connectivity index (χ2n) is 4.58. The summed E-state index contributed by atoms with van der Waals surface area (Å²) < 4.78 is 37.2. The van der Waals surface area contributed by atoms with E-state index in [9.17, 15) is 18.0 Å². The maximum absolute atomic E-state index is 12.4. The molecule has 0 bridgehead atoms. The molecule has 0 saturated heterocycles. The summed E-state index contributed by atoms with van der Waals surface area (Å²) in [7, 11) is 0. The molecule has 4 nitrogen and oxygen atoms in total. The van der Waals surface area contributed by atoms with Crippen LogP contribution in [0.25, 0.3) is 0 Å². The van der Waals surface area contributed by atoms with Crippen LogP contribution < -0.4 is 11.1 Å². The van der Waals surface area contributed by atoms with Crippen LogP contribution in [0.1, 0.15) is 42.7 Å². The van der Waals surface area contributed by atoms with Crippen molar-refractivity contribution in [1.82, 2.24) is 10.3 Å². The molecule has 1 aromatic heterocycles. The van der Waals surface area contributed by atoms with Gasteiger partial charge in [0.05, 0.1) is 11.1 Å². The summed E-state index contributed by atoms with van der Waals surface area (Å²) in [5.74, 6) is -0.520. The molecule has 112 valence electrons. The Kier molecular flexibility index (Phi) is 5.10. The van der Waals surface area contributed by atoms with Crippen molar-refractivity contribution >= 4 is 5.91 Å². The number of hydrogen-bond donors (Lipinski definition) is 2. The highest BCUT2D eigenvalue weighted by molar-refractivity contribution is 5.92. The molecule has 0 radical (unpaired) electrons. The molecule has 0 spiro atoms. The summed E-state index contributed by atoms with van der Waals surface area (Å²) in [6, 6.07) is 1.90. The van der Waals surface area contributed by atoms with E-state index in [1.165, 1.54) is 0 Å². The van der Waals surface area contributed by atoms with Crippen molar-refractivity contribution in [2.45, 2.75) is 38.4 Å². The van der Waals surface area contributed by atoms with E-state index >= 15 is 0 Å². The SMILES string of the molecule is CCC(CC)(CN)NC(=O)c1ccc(C(F)(F)F)cn1. The van der Waals surface area contributed by atoms with Crippen molar-refractivity contribution in [3.8, 4) is 0 Å². The highest BCUT2D eigenvalue weighted by Crippen LogP contribution is 2.28. The van der Waals surface area contributed by atoms with Gasteiger partial charge in [0.1, 0.15) is 5.69 Å². The van der Waals surface area contributed by atoms with Crippen molar-refractivity contribution in [3.63, 3.8) is 0 Å². The number of amides is 1. The fourth-order valence-corrected chi connectivity index (χ4v) is 1.77. The number of halogens is 3. The third-order valence-corrected chi connectivity index (χ3v) is 3.45. The van der Waals surface area contributed by atoms with Crippen LogP contribution in [0.5, 0.6) is 0 Å². The van der Waals surface area contributed by atoms with Gasteiger partial charge in [-0.2, -0.15) is 13.2 Å². The van der Waals surface area contributed by atoms with Gasteiger partial charge in [-0.3, -0.25) is 9.78 Å². The molecule has 0 aliphatic rings. The molecular formula is C13H18F3N3O. The second-order valence-corrected chi connectivity index (χ2v) is 4.58. The number of carbonyl (C=O) groups excluding carboxylic acids is 1. The number of nitrogens with zero attached hydrogens (tertiary/aromatic N) is 1. The van der Waals surface area contributed by atoms with Crippen LogP contribution >= 0.6 is 0 Å². The first-order valence-corrected chi connectivity index (χ1v) is 6.34. The maximum Gasteiger partial charge on any atom is 0.417 e. The van der Waals surface area contributed by atoms with Gasteiger partial charge in [-0.15, -0.1) is 0 Å². The van der Waals surface area contributed by atoms with E-state index in [2.05, 4.69) is 10.3 Å². The summed E-state index contributed by atoms with van der Waals surface area (Å²) in [5.41, 5.74) is 4.16. The maximum atomic E-state index is 12.4. The molecule has 0 saturated carbocycles. The molecule has 0 aliphatic heterocycles. The van der Waals surface area contributed by atoms with E-state index in [-0.39, 0.29) is 12.2 Å². The lowest BCUT2D eigenvalue weighted by atomic mass is 9.93. The average Bonchev–Trinajstić information content (AvgIpc) is 2.44. The van der Waals surface area contributed by atoms with Crippen LogP contribution in [0.3, 0.4) is 0 Å². The Bertz CT molecular complexity index is 445. The summed E-state index contributed by atoms with van der Waals surface area (Å²) >= 11 is 0. The quantitative estimate of drug-likeness (QED) is 0.874. The predicted molar refractivity (Wildman–Crippen MR) is 69.1 cm³/mol. The molecule has 1 rings (SSSR count). The van der Waals surface area contributed by atoms with Crippen LogP contribution in [0.15, 0.2) is 18.3 Å². The second kappa shape index (κ2) is 6.21. The van der Waals surface area contributed by atoms with Crippen LogP contribution in [-0.2, 0) is 6.18 Å². The zero-order valence-corrected chi connectivity index (χ0v) is 11.4. The van der Waals surface area contributed by atoms with E-state index in [1.807, 2.05) is 13.8 Å². The van der Waals surface area contributed by atoms with E-state index < -0.39 is 23.2 Å². The summed E-state index contributed by atoms with van der Waals surface area (Å²) in [6.07, 6.45) is -2.55. The van der Waals surface area contributed by atoms with Gasteiger partial charge >= 0.3 is 6.18 Å². The van der Waals surface area contributed by atoms with Crippen molar-refractivity contribution in [3.05, 3.63) is 29.6 Å². The Morgan fingerprint density at radius 2 is 1.90 bits per heavy atom. The number of hydrogen-bond acceptors (Lipinski definition) is 3. The topological polar surface area (TPSA) is 68.0 Å². The van der Waals surface area contributed by atoms with Gasteiger partial charge in [0.25, 0.3) is 5.91 Å². The number of nitrogens with two attached hydrogens (primary N) is 1. The summed E-state index contributed by atoms with van der Waals surface area (Å²) in [5, 5.41) is 2.75. The monoisotopic (exact) mass is 289 g/mol. The number of aromatic nitrogens is 1. The molecule has 0 fully saturated rings. The Balaban J connectivity index is 2.88. The molecule has 1 aromatic rings. The van der Waals surface area contributed by atoms with Crippen LogP contribution in [-0.4, -0.2) is 23.0 Å². The van der Waals surface area contributed by atoms with Gasteiger partial charge in [0.15, 0.2) is 0 Å². The van der Waals surface area contributed by atoms with E-state index in [4.69, 9.17) is 5.73 Å². The van der Waals surface area contributed by atoms with E-state index in [1.54, 1.807) is 0 Å². The predicted octanol–water partition coefficient (Wildman–Crippen LogP) is 2.35. The lowest BCUT2D eigenvalue weighted by Gasteiger charge is -2.31. The van der Waals surface area contributed by atoms with Crippen molar-refractivity contribution in [2.75, 3.05) is 6.54 Å². The minimum absolute atomic E-state index is 0.0577. The summed E-state index contributed by atoms with van der Waals surface area (Å²) in [6.45, 7) is 4.03. The number of rotatable bonds is 5. The Labute approximate surface area is 115 Å². The molecular weight excluding hydrogens is 271 g/mol. The lowest BCUT2D eigenvalue weighted by Crippen LogP contribution is -2.53. The molecule has 7 heteroatoms. The molecule has 0 atom stereocenters. The molecule has 3 N–H and O–H groups in total. The standard InChI is InChI=1S/C13H18F3N3O/c1-3-12(4-2,8-17)19-11(20)10-6-5-9(7-18-10)13(14,15)16/h5-7H,3-4,8,17H2,1-2H3,(H,19,20). The first-order chi connectivity index (χ1) is 9.28. The van der Waals surface area contributed by atoms with Gasteiger partial charge in [-0.1, -0.05) is 13.8 Å². The smallest absolute Gasteiger partial charge is 0.344 e. The van der Waals surface area contributed by atoms with Gasteiger partial charge in [-0.05, 0) is 25.0 Å². The number of nitrogens with one attached hydrogen (secondary N) is 1. The van der Waals surface area contributed by atoms with Gasteiger partial charge in [0, 0.05) is 12.7 Å². The fourth-order valence-electron chi connectivity index (χ4n) is 1.77. The number of carbonyl (C=O) groups is 1. The van der Waals surface area contributed by atoms with Crippen molar-refractivity contribution in [1.29, 1.82) is 0 Å². The van der Waals surface area contributed by atoms with Crippen LogP contribution in [0.2, 0.25) is 0 Å². The highest BCUT2D eigenvalue weighted by Gasteiger charge is 2.31. The normalized spacial score (nSPS) is 12.3. The minimum Gasteiger partial charge on any atom is -0.344 e. The minimum atomic E-state index is -4.46. The van der Waals surface area contributed by atoms with Gasteiger partial charge < -0.3 is 11.1 Å². The van der Waals surface area contributed by atoms with Crippen molar-refractivity contribution in [2.24, 2.45) is 5.73 Å². The molecule has 0 aromatic carbocycles. The van der Waals surface area contributed by atoms with Crippen molar-refractivity contribution < 1.29 is 18.0 Å². The van der Waals surface area contributed by atoms with Crippen LogP contribution in [0.4, 0.5) is 13.2 Å². The third-order valence-electron chi connectivity index (χ3n) is 3.45. The first-order valence-electron chi connectivity index (χ1n) is 6.34. The zero-order valence-electron chi connectivity index (χ0n) is 11.4. The lowest BCUT2D eigenvalue weighted by molar-refractivity contribution is -0.137. The first kappa shape index (κ1) is 16.4. The Morgan fingerprint density at radius 3 is 2.25 bits per heavy atom. The molecule has 1 amide bonds. The van der Waals surface area contributed by atoms with Gasteiger partial charge in [-0.25, -0.2) is 0 Å². The van der Waals surface area contributed by atoms with Gasteiger partial charge in [0.2, 0.25) is 0 Å². The zero-order chi connectivity index (χ0) is 15.4. The largest absolute Gasteiger partial charge is 0.417 e. The Morgan fingerprint density at radius 1 is 1.30 bits per heavy atom. The number of alkyl halides is 3. The number of pyridine rings is 1. The molecule has 20 heavy (non-hydrogen) atoms. The molecule has 1 heterocycles. The summed E-state index contributed by atoms with van der Waals surface area (Å²) in [4.78, 5) is 15.5. The fraction of sp³-hybridized carbons (Fsp3) is 0.538. The highest BCUT2D eigenvalue weighted by atomic mass is 19.4. The van der Waals surface area contributed by atoms with E-state index in [0.29, 0.717) is 19.0 Å². The molecule has 0 unspecified atom stereocenters. The molecule has 0 aliphatic carbocycles. The average molecular weight is 289 g/mol. The third kappa shape index (κ3) is 3.69. The van der Waals surface area contributed by atoms with E-state index in [0.717, 1.165) is 12.1 Å².